The second-order valence-electron chi connectivity index (χ2n) is 10.8. The van der Waals surface area contributed by atoms with Crippen LogP contribution in [0.25, 0.3) is 11.1 Å². The van der Waals surface area contributed by atoms with Crippen LogP contribution in [0.5, 0.6) is 0 Å². The number of hydrogen-bond donors (Lipinski definition) is 7. The summed E-state index contributed by atoms with van der Waals surface area (Å²) < 4.78 is 10.8. The van der Waals surface area contributed by atoms with Gasteiger partial charge in [-0.3, -0.25) is 14.4 Å². The lowest BCUT2D eigenvalue weighted by atomic mass is 9.87. The fourth-order valence-electron chi connectivity index (χ4n) is 5.10. The van der Waals surface area contributed by atoms with Crippen LogP contribution >= 0.6 is 0 Å². The Kier molecular flexibility index (Phi) is 12.8. The average Bonchev–Trinajstić information content (AvgIpc) is 3.02. The molecule has 1 saturated heterocycles. The number of aliphatic hydroxyl groups is 3. The van der Waals surface area contributed by atoms with Crippen LogP contribution in [-0.4, -0.2) is 95.4 Å². The highest BCUT2D eigenvalue weighted by Crippen LogP contribution is 2.32. The zero-order chi connectivity index (χ0) is 32.3. The predicted molar refractivity (Wildman–Crippen MR) is 160 cm³/mol. The van der Waals surface area contributed by atoms with Gasteiger partial charge in [0.25, 0.3) is 5.91 Å². The number of benzene rings is 2. The van der Waals surface area contributed by atoms with Crippen LogP contribution in [0, 0.1) is 0 Å². The molecule has 0 spiro atoms. The summed E-state index contributed by atoms with van der Waals surface area (Å²) in [6.45, 7) is 1.21. The summed E-state index contributed by atoms with van der Waals surface area (Å²) in [6, 6.07) is 15.1. The number of methoxy groups -OCH3 is 1. The topological polar surface area (TPSA) is 210 Å². The fraction of sp³-hybridized carbons (Fsp3) is 0.484. The molecule has 8 N–H and O–H groups in total. The van der Waals surface area contributed by atoms with Gasteiger partial charge in [0.2, 0.25) is 17.5 Å². The van der Waals surface area contributed by atoms with Crippen molar-refractivity contribution in [3.05, 3.63) is 60.2 Å². The molecule has 1 aliphatic heterocycles. The van der Waals surface area contributed by atoms with E-state index < -0.39 is 72.8 Å². The molecule has 2 aromatic rings. The molecule has 240 valence electrons. The maximum Gasteiger partial charge on any atom is 0.359 e. The summed E-state index contributed by atoms with van der Waals surface area (Å²) >= 11 is 0. The first kappa shape index (κ1) is 34.6. The van der Waals surface area contributed by atoms with Gasteiger partial charge in [0.1, 0.15) is 12.2 Å². The van der Waals surface area contributed by atoms with Crippen LogP contribution in [0.2, 0.25) is 0 Å². The minimum atomic E-state index is -2.22. The van der Waals surface area contributed by atoms with Crippen LogP contribution < -0.4 is 21.7 Å². The van der Waals surface area contributed by atoms with E-state index in [4.69, 9.17) is 15.2 Å². The van der Waals surface area contributed by atoms with Crippen LogP contribution in [0.3, 0.4) is 0 Å². The molecule has 3 amide bonds. The second kappa shape index (κ2) is 16.3. The van der Waals surface area contributed by atoms with Gasteiger partial charge in [-0.15, -0.1) is 0 Å². The number of unbranched alkanes of at least 4 members (excludes halogenated alkanes) is 2. The van der Waals surface area contributed by atoms with Crippen LogP contribution in [0.15, 0.2) is 54.6 Å². The molecule has 3 rings (SSSR count). The van der Waals surface area contributed by atoms with E-state index in [0.29, 0.717) is 31.4 Å². The van der Waals surface area contributed by atoms with Crippen molar-refractivity contribution in [1.29, 1.82) is 0 Å². The zero-order valence-electron chi connectivity index (χ0n) is 24.9. The molecular formula is C31H42N4O9. The Morgan fingerprint density at radius 3 is 2.30 bits per heavy atom. The van der Waals surface area contributed by atoms with Crippen molar-refractivity contribution in [2.45, 2.75) is 75.2 Å². The highest BCUT2D eigenvalue weighted by molar-refractivity contribution is 5.94. The number of amides is 3. The van der Waals surface area contributed by atoms with E-state index in [1.807, 2.05) is 30.3 Å². The van der Waals surface area contributed by atoms with Crippen molar-refractivity contribution in [2.75, 3.05) is 20.2 Å². The Hall–Kier alpha value is -3.88. The van der Waals surface area contributed by atoms with Gasteiger partial charge >= 0.3 is 5.97 Å². The Morgan fingerprint density at radius 1 is 1.02 bits per heavy atom. The first-order chi connectivity index (χ1) is 21.0. The highest BCUT2D eigenvalue weighted by Gasteiger charge is 2.56. The van der Waals surface area contributed by atoms with Gasteiger partial charge in [-0.2, -0.15) is 0 Å². The molecule has 1 heterocycles. The van der Waals surface area contributed by atoms with E-state index in [1.54, 1.807) is 24.3 Å². The van der Waals surface area contributed by atoms with E-state index in [2.05, 4.69) is 16.0 Å². The van der Waals surface area contributed by atoms with Crippen molar-refractivity contribution in [2.24, 2.45) is 5.73 Å². The van der Waals surface area contributed by atoms with Gasteiger partial charge in [0, 0.05) is 31.9 Å². The third-order valence-corrected chi connectivity index (χ3v) is 7.39. The molecule has 6 atom stereocenters. The minimum Gasteiger partial charge on any atom is -0.465 e. The van der Waals surface area contributed by atoms with Crippen molar-refractivity contribution in [1.82, 2.24) is 16.0 Å². The average molecular weight is 615 g/mol. The van der Waals surface area contributed by atoms with Gasteiger partial charge in [0.15, 0.2) is 0 Å². The van der Waals surface area contributed by atoms with Crippen LogP contribution in [0.1, 0.15) is 49.4 Å². The minimum absolute atomic E-state index is 0.0293. The van der Waals surface area contributed by atoms with E-state index in [-0.39, 0.29) is 6.42 Å². The summed E-state index contributed by atoms with van der Waals surface area (Å²) in [4.78, 5) is 50.4. The standard InChI is InChI=1S/C31H42N4O9/c1-19(36)34-26-23(37)17-31(30(42)43-2,35-25(39)11-7-4-8-16-32)44-28(26)27(40)24(38)18-33-29(41)22-14-12-21(13-15-22)20-9-5-3-6-10-20/h3,5-6,9-10,12-15,23-24,26-28,37-38,40H,4,7-8,11,16-18,32H2,1-2H3,(H,33,41)(H,34,36)(H,35,39)/t23?,24?,26?,27-,28?,31?/m0/s1. The molecule has 13 nitrogen and oxygen atoms in total. The smallest absolute Gasteiger partial charge is 0.359 e. The maximum absolute atomic E-state index is 12.9. The van der Waals surface area contributed by atoms with Crippen molar-refractivity contribution in [3.8, 4) is 11.1 Å². The zero-order valence-corrected chi connectivity index (χ0v) is 24.9. The molecular weight excluding hydrogens is 572 g/mol. The predicted octanol–water partition coefficient (Wildman–Crippen LogP) is -0.0357. The summed E-state index contributed by atoms with van der Waals surface area (Å²) in [5.41, 5.74) is 5.47. The molecule has 0 aliphatic carbocycles. The summed E-state index contributed by atoms with van der Waals surface area (Å²) in [6.07, 6.45) is -5.22. The molecule has 0 aromatic heterocycles. The summed E-state index contributed by atoms with van der Waals surface area (Å²) in [5, 5.41) is 40.5. The van der Waals surface area contributed by atoms with Gasteiger partial charge in [-0.05, 0) is 42.6 Å². The first-order valence-corrected chi connectivity index (χ1v) is 14.5. The molecule has 44 heavy (non-hydrogen) atoms. The summed E-state index contributed by atoms with van der Waals surface area (Å²) in [5.74, 6) is -2.72. The fourth-order valence-corrected chi connectivity index (χ4v) is 5.10. The molecule has 13 heteroatoms. The Morgan fingerprint density at radius 2 is 1.68 bits per heavy atom. The number of nitrogens with two attached hydrogens (primary N) is 1. The number of carbonyl (C=O) groups excluding carboxylic acids is 4. The number of ether oxygens (including phenoxy) is 2. The monoisotopic (exact) mass is 614 g/mol. The quantitative estimate of drug-likeness (QED) is 0.112. The molecule has 0 radical (unpaired) electrons. The van der Waals surface area contributed by atoms with Crippen molar-refractivity contribution < 1.29 is 44.0 Å². The van der Waals surface area contributed by atoms with Crippen molar-refractivity contribution in [3.63, 3.8) is 0 Å². The lowest BCUT2D eigenvalue weighted by Gasteiger charge is -2.47. The highest BCUT2D eigenvalue weighted by atomic mass is 16.6. The lowest BCUT2D eigenvalue weighted by molar-refractivity contribution is -0.237. The van der Waals surface area contributed by atoms with Crippen molar-refractivity contribution >= 4 is 23.7 Å². The van der Waals surface area contributed by atoms with E-state index >= 15 is 0 Å². The van der Waals surface area contributed by atoms with E-state index in [0.717, 1.165) is 18.2 Å². The molecule has 1 aliphatic rings. The second-order valence-corrected chi connectivity index (χ2v) is 10.8. The number of nitrogens with one attached hydrogen (secondary N) is 3. The number of hydrogen-bond acceptors (Lipinski definition) is 10. The Bertz CT molecular complexity index is 1260. The number of carbonyl (C=O) groups is 4. The van der Waals surface area contributed by atoms with Gasteiger partial charge in [-0.25, -0.2) is 4.79 Å². The van der Waals surface area contributed by atoms with Gasteiger partial charge in [-0.1, -0.05) is 48.9 Å². The number of rotatable bonds is 14. The molecule has 0 saturated carbocycles. The maximum atomic E-state index is 12.9. The number of aliphatic hydroxyl groups excluding tert-OH is 3. The Balaban J connectivity index is 1.73. The van der Waals surface area contributed by atoms with E-state index in [9.17, 15) is 34.5 Å². The van der Waals surface area contributed by atoms with Crippen LogP contribution in [0.4, 0.5) is 0 Å². The SMILES string of the molecule is COC(=O)C1(NC(=O)CCCCCN)CC(O)C(NC(C)=O)C([C@@H](O)C(O)CNC(=O)c2ccc(-c3ccccc3)cc2)O1. The Labute approximate surface area is 256 Å². The molecule has 5 unspecified atom stereocenters. The molecule has 1 fully saturated rings. The number of esters is 1. The van der Waals surface area contributed by atoms with Gasteiger partial charge < -0.3 is 46.5 Å². The third-order valence-electron chi connectivity index (χ3n) is 7.39. The summed E-state index contributed by atoms with van der Waals surface area (Å²) in [7, 11) is 1.06. The largest absolute Gasteiger partial charge is 0.465 e. The normalized spacial score (nSPS) is 22.7. The molecule has 0 bridgehead atoms. The van der Waals surface area contributed by atoms with E-state index in [1.165, 1.54) is 6.92 Å². The first-order valence-electron chi connectivity index (χ1n) is 14.5. The van der Waals surface area contributed by atoms with Crippen LogP contribution in [-0.2, 0) is 23.9 Å². The third kappa shape index (κ3) is 9.07. The van der Waals surface area contributed by atoms with Gasteiger partial charge in [0.05, 0.1) is 25.4 Å². The molecule has 2 aromatic carbocycles. The lowest BCUT2D eigenvalue weighted by Crippen LogP contribution is -2.71.